The minimum absolute atomic E-state index is 0.0295. The molecule has 0 saturated heterocycles. The predicted octanol–water partition coefficient (Wildman–Crippen LogP) is 2.20. The van der Waals surface area contributed by atoms with E-state index >= 15 is 0 Å². The van der Waals surface area contributed by atoms with Crippen LogP contribution in [0, 0.1) is 5.92 Å². The molecule has 222 valence electrons. The molecular weight excluding hydrogens is 528 g/mol. The van der Waals surface area contributed by atoms with Gasteiger partial charge < -0.3 is 35.5 Å². The Kier molecular flexibility index (Phi) is 12.3. The number of hydrogen-bond donors (Lipinski definition) is 4. The number of rotatable bonds is 8. The van der Waals surface area contributed by atoms with Crippen LogP contribution in [0.1, 0.15) is 49.9 Å². The van der Waals surface area contributed by atoms with Gasteiger partial charge in [0.05, 0.1) is 25.8 Å². The van der Waals surface area contributed by atoms with Gasteiger partial charge in [-0.3, -0.25) is 19.2 Å². The lowest BCUT2D eigenvalue weighted by atomic mass is 10.0. The SMILES string of the molecule is COc1ccc(OCCNC(=O)[C@@H]2CCC(=O)N[C@@H](CC(C)C)C(=O)NCCCOc3ccccc3C(=O)N2)cc1. The summed E-state index contributed by atoms with van der Waals surface area (Å²) in [5.74, 6) is 0.268. The Hall–Kier alpha value is -4.28. The molecule has 1 aliphatic rings. The Balaban J connectivity index is 1.70. The standard InChI is InChI=1S/C30H40N4O7/c1-20(2)19-25-30(38)31-15-6-17-41-26-8-5-4-7-23(26)28(36)34-24(13-14-27(35)33-25)29(37)32-16-18-40-22-11-9-21(39-3)10-12-22/h4-5,7-12,20,24-25H,6,13-19H2,1-3H3,(H,31,38)(H,32,37)(H,33,35)(H,34,36)/t24-,25-/m0/s1. The summed E-state index contributed by atoms with van der Waals surface area (Å²) in [6.45, 7) is 4.95. The van der Waals surface area contributed by atoms with Crippen molar-refractivity contribution >= 4 is 23.6 Å². The van der Waals surface area contributed by atoms with Crippen LogP contribution in [-0.2, 0) is 14.4 Å². The minimum Gasteiger partial charge on any atom is -0.497 e. The summed E-state index contributed by atoms with van der Waals surface area (Å²) in [6, 6.07) is 12.1. The third-order valence-electron chi connectivity index (χ3n) is 6.38. The Morgan fingerprint density at radius 3 is 2.51 bits per heavy atom. The molecule has 4 N–H and O–H groups in total. The van der Waals surface area contributed by atoms with Gasteiger partial charge in [-0.1, -0.05) is 26.0 Å². The second-order valence-corrected chi connectivity index (χ2v) is 10.1. The maximum absolute atomic E-state index is 13.2. The van der Waals surface area contributed by atoms with Crippen LogP contribution in [0.15, 0.2) is 48.5 Å². The topological polar surface area (TPSA) is 144 Å². The van der Waals surface area contributed by atoms with Crippen LogP contribution in [0.25, 0.3) is 0 Å². The van der Waals surface area contributed by atoms with Gasteiger partial charge in [-0.25, -0.2) is 0 Å². The minimum atomic E-state index is -1.01. The van der Waals surface area contributed by atoms with Crippen molar-refractivity contribution in [3.05, 3.63) is 54.1 Å². The first-order valence-corrected chi connectivity index (χ1v) is 13.9. The average molecular weight is 569 g/mol. The van der Waals surface area contributed by atoms with Crippen molar-refractivity contribution in [2.24, 2.45) is 5.92 Å². The van der Waals surface area contributed by atoms with Gasteiger partial charge in [-0.2, -0.15) is 0 Å². The molecule has 0 aliphatic carbocycles. The number of nitrogens with one attached hydrogen (secondary N) is 4. The maximum atomic E-state index is 13.2. The van der Waals surface area contributed by atoms with E-state index < -0.39 is 23.9 Å². The molecule has 0 radical (unpaired) electrons. The second-order valence-electron chi connectivity index (χ2n) is 10.1. The highest BCUT2D eigenvalue weighted by Gasteiger charge is 2.26. The lowest BCUT2D eigenvalue weighted by molar-refractivity contribution is -0.129. The van der Waals surface area contributed by atoms with E-state index in [0.717, 1.165) is 0 Å². The third kappa shape index (κ3) is 10.3. The molecule has 11 nitrogen and oxygen atoms in total. The summed E-state index contributed by atoms with van der Waals surface area (Å²) in [7, 11) is 1.58. The fourth-order valence-electron chi connectivity index (χ4n) is 4.26. The van der Waals surface area contributed by atoms with Crippen molar-refractivity contribution in [1.29, 1.82) is 0 Å². The Morgan fingerprint density at radius 1 is 1.05 bits per heavy atom. The molecule has 3 rings (SSSR count). The van der Waals surface area contributed by atoms with Crippen LogP contribution in [0.3, 0.4) is 0 Å². The first-order valence-electron chi connectivity index (χ1n) is 13.9. The van der Waals surface area contributed by atoms with E-state index in [1.807, 2.05) is 13.8 Å². The highest BCUT2D eigenvalue weighted by Crippen LogP contribution is 2.19. The van der Waals surface area contributed by atoms with E-state index in [0.29, 0.717) is 36.6 Å². The molecule has 4 amide bonds. The van der Waals surface area contributed by atoms with Gasteiger partial charge in [0.15, 0.2) is 0 Å². The van der Waals surface area contributed by atoms with Crippen LogP contribution in [-0.4, -0.2) is 69.1 Å². The summed E-state index contributed by atoms with van der Waals surface area (Å²) in [6.07, 6.45) is 0.937. The molecule has 41 heavy (non-hydrogen) atoms. The number of ether oxygens (including phenoxy) is 3. The quantitative estimate of drug-likeness (QED) is 0.358. The molecule has 11 heteroatoms. The summed E-state index contributed by atoms with van der Waals surface area (Å²) < 4.78 is 16.6. The van der Waals surface area contributed by atoms with E-state index in [1.165, 1.54) is 0 Å². The Morgan fingerprint density at radius 2 is 1.78 bits per heavy atom. The monoisotopic (exact) mass is 568 g/mol. The van der Waals surface area contributed by atoms with Gasteiger partial charge in [0.1, 0.15) is 35.9 Å². The van der Waals surface area contributed by atoms with Crippen molar-refractivity contribution in [2.45, 2.75) is 51.6 Å². The van der Waals surface area contributed by atoms with Gasteiger partial charge in [-0.05, 0) is 61.6 Å². The van der Waals surface area contributed by atoms with E-state index in [4.69, 9.17) is 14.2 Å². The highest BCUT2D eigenvalue weighted by molar-refractivity contribution is 5.99. The summed E-state index contributed by atoms with van der Waals surface area (Å²) in [4.78, 5) is 52.0. The molecule has 1 aliphatic heterocycles. The number of para-hydroxylation sites is 1. The van der Waals surface area contributed by atoms with Gasteiger partial charge in [0, 0.05) is 13.0 Å². The molecule has 2 aromatic rings. The molecule has 0 saturated carbocycles. The number of carbonyl (C=O) groups is 4. The van der Waals surface area contributed by atoms with Crippen molar-refractivity contribution < 1.29 is 33.4 Å². The second kappa shape index (κ2) is 16.1. The van der Waals surface area contributed by atoms with Gasteiger partial charge in [-0.15, -0.1) is 0 Å². The summed E-state index contributed by atoms with van der Waals surface area (Å²) in [5.41, 5.74) is 0.269. The van der Waals surface area contributed by atoms with Crippen LogP contribution in [0.4, 0.5) is 0 Å². The van der Waals surface area contributed by atoms with Gasteiger partial charge >= 0.3 is 0 Å². The highest BCUT2D eigenvalue weighted by atomic mass is 16.5. The van der Waals surface area contributed by atoms with Crippen molar-refractivity contribution in [1.82, 2.24) is 21.3 Å². The molecule has 0 aromatic heterocycles. The number of methoxy groups -OCH3 is 1. The fourth-order valence-corrected chi connectivity index (χ4v) is 4.26. The van der Waals surface area contributed by atoms with Gasteiger partial charge in [0.2, 0.25) is 17.7 Å². The molecule has 0 spiro atoms. The zero-order valence-corrected chi connectivity index (χ0v) is 23.9. The van der Waals surface area contributed by atoms with Crippen LogP contribution < -0.4 is 35.5 Å². The third-order valence-corrected chi connectivity index (χ3v) is 6.38. The molecule has 0 bridgehead atoms. The van der Waals surface area contributed by atoms with Crippen LogP contribution in [0.2, 0.25) is 0 Å². The van der Waals surface area contributed by atoms with E-state index in [1.54, 1.807) is 55.6 Å². The number of hydrogen-bond acceptors (Lipinski definition) is 7. The normalized spacial score (nSPS) is 18.7. The first-order chi connectivity index (χ1) is 19.8. The fraction of sp³-hybridized carbons (Fsp3) is 0.467. The summed E-state index contributed by atoms with van der Waals surface area (Å²) >= 11 is 0. The van der Waals surface area contributed by atoms with Crippen LogP contribution >= 0.6 is 0 Å². The Labute approximate surface area is 240 Å². The maximum Gasteiger partial charge on any atom is 0.255 e. The van der Waals surface area contributed by atoms with Crippen LogP contribution in [0.5, 0.6) is 17.2 Å². The zero-order chi connectivity index (χ0) is 29.6. The zero-order valence-electron chi connectivity index (χ0n) is 23.9. The average Bonchev–Trinajstić information content (AvgIpc) is 2.96. The lowest BCUT2D eigenvalue weighted by Gasteiger charge is -2.22. The summed E-state index contributed by atoms with van der Waals surface area (Å²) in [5, 5.41) is 11.2. The van der Waals surface area contributed by atoms with E-state index in [9.17, 15) is 19.2 Å². The van der Waals surface area contributed by atoms with E-state index in [-0.39, 0.29) is 55.9 Å². The molecule has 2 atom stereocenters. The number of benzene rings is 2. The van der Waals surface area contributed by atoms with Crippen molar-refractivity contribution in [2.75, 3.05) is 33.4 Å². The van der Waals surface area contributed by atoms with Gasteiger partial charge in [0.25, 0.3) is 5.91 Å². The first kappa shape index (κ1) is 31.3. The number of amides is 4. The Bertz CT molecular complexity index is 1170. The van der Waals surface area contributed by atoms with E-state index in [2.05, 4.69) is 21.3 Å². The smallest absolute Gasteiger partial charge is 0.255 e. The molecule has 1 heterocycles. The number of carbonyl (C=O) groups excluding carboxylic acids is 4. The molecule has 2 aromatic carbocycles. The number of fused-ring (bicyclic) bond motifs is 1. The molecule has 0 unspecified atom stereocenters. The lowest BCUT2D eigenvalue weighted by Crippen LogP contribution is -2.50. The molecule has 0 fully saturated rings. The van der Waals surface area contributed by atoms with Crippen molar-refractivity contribution in [3.63, 3.8) is 0 Å². The molecular formula is C30H40N4O7. The largest absolute Gasteiger partial charge is 0.497 e. The van der Waals surface area contributed by atoms with Crippen molar-refractivity contribution in [3.8, 4) is 17.2 Å². The predicted molar refractivity (Wildman–Crippen MR) is 153 cm³/mol.